The van der Waals surface area contributed by atoms with Gasteiger partial charge in [0, 0.05) is 19.4 Å². The quantitative estimate of drug-likeness (QED) is 0.762. The van der Waals surface area contributed by atoms with Crippen LogP contribution in [-0.2, 0) is 18.3 Å². The molecular formula is C7H8F2N2O2. The average Bonchev–Trinajstić information content (AvgIpc) is 2.35. The van der Waals surface area contributed by atoms with E-state index in [0.717, 1.165) is 0 Å². The van der Waals surface area contributed by atoms with Gasteiger partial charge in [0.05, 0.1) is 6.42 Å². The largest absolute Gasteiger partial charge is 0.477 e. The van der Waals surface area contributed by atoms with Gasteiger partial charge in [0.2, 0.25) is 0 Å². The molecule has 0 aliphatic carbocycles. The summed E-state index contributed by atoms with van der Waals surface area (Å²) in [6.45, 7) is 0. The zero-order valence-electron chi connectivity index (χ0n) is 6.87. The molecule has 1 heterocycles. The molecule has 4 nitrogen and oxygen atoms in total. The number of aromatic nitrogens is 2. The molecule has 0 unspecified atom stereocenters. The second-order valence-electron chi connectivity index (χ2n) is 2.64. The number of hydrogen-bond donors (Lipinski definition) is 1. The topological polar surface area (TPSA) is 55.1 Å². The first kappa shape index (κ1) is 9.63. The van der Waals surface area contributed by atoms with E-state index in [-0.39, 0.29) is 5.82 Å². The van der Waals surface area contributed by atoms with Crippen molar-refractivity contribution >= 4 is 5.97 Å². The van der Waals surface area contributed by atoms with Crippen LogP contribution in [0.3, 0.4) is 0 Å². The van der Waals surface area contributed by atoms with E-state index in [9.17, 15) is 13.6 Å². The maximum Gasteiger partial charge on any atom is 0.375 e. The van der Waals surface area contributed by atoms with Crippen LogP contribution in [0.1, 0.15) is 5.82 Å². The number of rotatable bonds is 3. The fourth-order valence-electron chi connectivity index (χ4n) is 0.841. The van der Waals surface area contributed by atoms with E-state index < -0.39 is 18.3 Å². The maximum atomic E-state index is 12.6. The SMILES string of the molecule is Cn1ccnc1CC(F)(F)C(=O)O. The molecule has 0 atom stereocenters. The Labute approximate surface area is 72.8 Å². The summed E-state index contributed by atoms with van der Waals surface area (Å²) in [5, 5.41) is 8.14. The van der Waals surface area contributed by atoms with Gasteiger partial charge >= 0.3 is 11.9 Å². The molecule has 1 aromatic heterocycles. The molecule has 0 spiro atoms. The molecule has 0 aromatic carbocycles. The van der Waals surface area contributed by atoms with Crippen molar-refractivity contribution in [1.29, 1.82) is 0 Å². The average molecular weight is 190 g/mol. The Hall–Kier alpha value is -1.46. The van der Waals surface area contributed by atoms with Gasteiger partial charge in [-0.2, -0.15) is 8.78 Å². The highest BCUT2D eigenvalue weighted by molar-refractivity contribution is 5.75. The molecule has 1 rings (SSSR count). The van der Waals surface area contributed by atoms with Gasteiger partial charge in [-0.05, 0) is 0 Å². The van der Waals surface area contributed by atoms with E-state index in [1.165, 1.54) is 24.0 Å². The smallest absolute Gasteiger partial charge is 0.375 e. The highest BCUT2D eigenvalue weighted by Crippen LogP contribution is 2.18. The van der Waals surface area contributed by atoms with Crippen molar-refractivity contribution in [2.45, 2.75) is 12.3 Å². The lowest BCUT2D eigenvalue weighted by atomic mass is 10.2. The maximum absolute atomic E-state index is 12.6. The van der Waals surface area contributed by atoms with Crippen molar-refractivity contribution in [3.8, 4) is 0 Å². The summed E-state index contributed by atoms with van der Waals surface area (Å²) in [5.41, 5.74) is 0. The molecular weight excluding hydrogens is 182 g/mol. The zero-order valence-corrected chi connectivity index (χ0v) is 6.87. The number of hydrogen-bond acceptors (Lipinski definition) is 2. The van der Waals surface area contributed by atoms with E-state index in [1.807, 2.05) is 0 Å². The van der Waals surface area contributed by atoms with Crippen molar-refractivity contribution in [1.82, 2.24) is 9.55 Å². The summed E-state index contributed by atoms with van der Waals surface area (Å²) in [7, 11) is 1.53. The Balaban J connectivity index is 2.80. The second-order valence-corrected chi connectivity index (χ2v) is 2.64. The first-order valence-electron chi connectivity index (χ1n) is 3.51. The van der Waals surface area contributed by atoms with Crippen molar-refractivity contribution < 1.29 is 18.7 Å². The molecule has 1 N–H and O–H groups in total. The standard InChI is InChI=1S/C7H8F2N2O2/c1-11-3-2-10-5(11)4-7(8,9)6(12)13/h2-3H,4H2,1H3,(H,12,13). The Morgan fingerprint density at radius 1 is 1.77 bits per heavy atom. The number of carboxylic acid groups (broad SMARTS) is 1. The first-order chi connectivity index (χ1) is 5.93. The summed E-state index contributed by atoms with van der Waals surface area (Å²) in [5.74, 6) is -5.83. The third-order valence-electron chi connectivity index (χ3n) is 1.61. The molecule has 72 valence electrons. The summed E-state index contributed by atoms with van der Waals surface area (Å²) >= 11 is 0. The molecule has 0 fully saturated rings. The van der Waals surface area contributed by atoms with Crippen LogP contribution in [0.25, 0.3) is 0 Å². The van der Waals surface area contributed by atoms with E-state index in [0.29, 0.717) is 0 Å². The van der Waals surface area contributed by atoms with Crippen molar-refractivity contribution in [3.63, 3.8) is 0 Å². The summed E-state index contributed by atoms with van der Waals surface area (Å²) in [6, 6.07) is 0. The summed E-state index contributed by atoms with van der Waals surface area (Å²) < 4.78 is 26.6. The fourth-order valence-corrected chi connectivity index (χ4v) is 0.841. The number of halogens is 2. The lowest BCUT2D eigenvalue weighted by Crippen LogP contribution is -2.31. The molecule has 0 saturated heterocycles. The second kappa shape index (κ2) is 3.12. The molecule has 6 heteroatoms. The van der Waals surface area contributed by atoms with Gasteiger partial charge < -0.3 is 9.67 Å². The molecule has 0 aliphatic rings. The van der Waals surface area contributed by atoms with Crippen LogP contribution in [0.2, 0.25) is 0 Å². The van der Waals surface area contributed by atoms with E-state index in [2.05, 4.69) is 4.98 Å². The highest BCUT2D eigenvalue weighted by atomic mass is 19.3. The molecule has 0 radical (unpaired) electrons. The Kier molecular flexibility index (Phi) is 2.31. The number of aryl methyl sites for hydroxylation is 1. The number of aliphatic carboxylic acids is 1. The first-order valence-corrected chi connectivity index (χ1v) is 3.51. The lowest BCUT2D eigenvalue weighted by Gasteiger charge is -2.09. The van der Waals surface area contributed by atoms with Crippen LogP contribution >= 0.6 is 0 Å². The molecule has 1 aromatic rings. The third kappa shape index (κ3) is 2.01. The van der Waals surface area contributed by atoms with E-state index in [1.54, 1.807) is 0 Å². The Morgan fingerprint density at radius 3 is 2.77 bits per heavy atom. The van der Waals surface area contributed by atoms with Crippen molar-refractivity contribution in [3.05, 3.63) is 18.2 Å². The molecule has 13 heavy (non-hydrogen) atoms. The predicted octanol–water partition coefficient (Wildman–Crippen LogP) is 0.682. The highest BCUT2D eigenvalue weighted by Gasteiger charge is 2.40. The van der Waals surface area contributed by atoms with Gasteiger partial charge in [-0.1, -0.05) is 0 Å². The minimum Gasteiger partial charge on any atom is -0.477 e. The number of carboxylic acids is 1. The fraction of sp³-hybridized carbons (Fsp3) is 0.429. The Bertz CT molecular complexity index is 322. The molecule has 0 aliphatic heterocycles. The van der Waals surface area contributed by atoms with Gasteiger partial charge in [0.1, 0.15) is 5.82 Å². The normalized spacial score (nSPS) is 11.6. The van der Waals surface area contributed by atoms with Crippen LogP contribution in [0, 0.1) is 0 Å². The third-order valence-corrected chi connectivity index (χ3v) is 1.61. The van der Waals surface area contributed by atoms with Gasteiger partial charge in [0.25, 0.3) is 0 Å². The molecule has 0 amide bonds. The van der Waals surface area contributed by atoms with Crippen LogP contribution in [-0.4, -0.2) is 26.5 Å². The van der Waals surface area contributed by atoms with Gasteiger partial charge in [-0.15, -0.1) is 0 Å². The zero-order chi connectivity index (χ0) is 10.1. The summed E-state index contributed by atoms with van der Waals surface area (Å²) in [4.78, 5) is 13.7. The predicted molar refractivity (Wildman–Crippen MR) is 39.5 cm³/mol. The molecule has 0 saturated carbocycles. The van der Waals surface area contributed by atoms with Gasteiger partial charge in [-0.3, -0.25) is 0 Å². The van der Waals surface area contributed by atoms with E-state index in [4.69, 9.17) is 5.11 Å². The molecule has 0 bridgehead atoms. The lowest BCUT2D eigenvalue weighted by molar-refractivity contribution is -0.164. The van der Waals surface area contributed by atoms with Gasteiger partial charge in [0.15, 0.2) is 0 Å². The number of nitrogens with zero attached hydrogens (tertiary/aromatic N) is 2. The van der Waals surface area contributed by atoms with Crippen LogP contribution in [0.5, 0.6) is 0 Å². The number of carbonyl (C=O) groups is 1. The minimum absolute atomic E-state index is 0.0485. The number of imidazole rings is 1. The monoisotopic (exact) mass is 190 g/mol. The summed E-state index contributed by atoms with van der Waals surface area (Å²) in [6.07, 6.45) is 1.94. The van der Waals surface area contributed by atoms with E-state index >= 15 is 0 Å². The van der Waals surface area contributed by atoms with Crippen molar-refractivity contribution in [2.75, 3.05) is 0 Å². The van der Waals surface area contributed by atoms with Crippen molar-refractivity contribution in [2.24, 2.45) is 7.05 Å². The minimum atomic E-state index is -3.75. The van der Waals surface area contributed by atoms with Crippen LogP contribution in [0.4, 0.5) is 8.78 Å². The number of alkyl halides is 2. The van der Waals surface area contributed by atoms with Gasteiger partial charge in [-0.25, -0.2) is 9.78 Å². The Morgan fingerprint density at radius 2 is 2.38 bits per heavy atom. The van der Waals surface area contributed by atoms with Crippen LogP contribution < -0.4 is 0 Å². The van der Waals surface area contributed by atoms with Crippen LogP contribution in [0.15, 0.2) is 12.4 Å².